The van der Waals surface area contributed by atoms with Crippen LogP contribution in [-0.2, 0) is 4.79 Å². The second kappa shape index (κ2) is 4.26. The summed E-state index contributed by atoms with van der Waals surface area (Å²) in [7, 11) is 0. The van der Waals surface area contributed by atoms with Crippen molar-refractivity contribution in [2.45, 2.75) is 47.0 Å². The van der Waals surface area contributed by atoms with Crippen LogP contribution in [0.2, 0.25) is 0 Å². The van der Waals surface area contributed by atoms with Crippen LogP contribution in [0.25, 0.3) is 0 Å². The van der Waals surface area contributed by atoms with Gasteiger partial charge in [0, 0.05) is 12.3 Å². The van der Waals surface area contributed by atoms with Gasteiger partial charge < -0.3 is 0 Å². The molecule has 76 valence electrons. The SMILES string of the molecule is CCC1C(=O)CCC(C(C)C)C1C. The highest BCUT2D eigenvalue weighted by molar-refractivity contribution is 5.82. The van der Waals surface area contributed by atoms with Gasteiger partial charge in [0.1, 0.15) is 5.78 Å². The van der Waals surface area contributed by atoms with Gasteiger partial charge in [-0.15, -0.1) is 0 Å². The first-order valence-corrected chi connectivity index (χ1v) is 5.60. The molecule has 0 spiro atoms. The van der Waals surface area contributed by atoms with E-state index in [1.54, 1.807) is 0 Å². The largest absolute Gasteiger partial charge is 0.299 e. The number of rotatable bonds is 2. The van der Waals surface area contributed by atoms with Crippen molar-refractivity contribution in [2.24, 2.45) is 23.7 Å². The second-order valence-electron chi connectivity index (χ2n) is 4.79. The van der Waals surface area contributed by atoms with Crippen LogP contribution in [0.5, 0.6) is 0 Å². The summed E-state index contributed by atoms with van der Waals surface area (Å²) in [6.07, 6.45) is 2.98. The molecule has 0 N–H and O–H groups in total. The topological polar surface area (TPSA) is 17.1 Å². The van der Waals surface area contributed by atoms with Crippen LogP contribution in [0.1, 0.15) is 47.0 Å². The Morgan fingerprint density at radius 2 is 2.08 bits per heavy atom. The standard InChI is InChI=1S/C12H22O/c1-5-10-9(4)11(8(2)3)6-7-12(10)13/h8-11H,5-7H2,1-4H3. The summed E-state index contributed by atoms with van der Waals surface area (Å²) < 4.78 is 0. The van der Waals surface area contributed by atoms with E-state index in [-0.39, 0.29) is 0 Å². The van der Waals surface area contributed by atoms with E-state index < -0.39 is 0 Å². The third kappa shape index (κ3) is 2.12. The monoisotopic (exact) mass is 182 g/mol. The summed E-state index contributed by atoms with van der Waals surface area (Å²) in [4.78, 5) is 11.6. The zero-order chi connectivity index (χ0) is 10.0. The molecule has 1 rings (SSSR count). The summed E-state index contributed by atoms with van der Waals surface area (Å²) in [5.41, 5.74) is 0. The van der Waals surface area contributed by atoms with Crippen molar-refractivity contribution in [3.05, 3.63) is 0 Å². The molecular weight excluding hydrogens is 160 g/mol. The molecule has 0 heterocycles. The normalized spacial score (nSPS) is 35.5. The highest BCUT2D eigenvalue weighted by Gasteiger charge is 2.35. The van der Waals surface area contributed by atoms with Crippen molar-refractivity contribution in [1.82, 2.24) is 0 Å². The lowest BCUT2D eigenvalue weighted by Crippen LogP contribution is -2.35. The van der Waals surface area contributed by atoms with E-state index in [1.165, 1.54) is 0 Å². The van der Waals surface area contributed by atoms with Gasteiger partial charge in [-0.2, -0.15) is 0 Å². The highest BCUT2D eigenvalue weighted by Crippen LogP contribution is 2.38. The molecule has 1 fully saturated rings. The summed E-state index contributed by atoms with van der Waals surface area (Å²) in [5.74, 6) is 2.96. The lowest BCUT2D eigenvalue weighted by molar-refractivity contribution is -0.128. The minimum absolute atomic E-state index is 0.348. The van der Waals surface area contributed by atoms with Gasteiger partial charge in [-0.05, 0) is 30.6 Å². The fraction of sp³-hybridized carbons (Fsp3) is 0.917. The molecule has 0 radical (unpaired) electrons. The maximum atomic E-state index is 11.6. The first-order chi connectivity index (χ1) is 6.07. The number of hydrogen-bond donors (Lipinski definition) is 0. The van der Waals surface area contributed by atoms with Gasteiger partial charge in [0.15, 0.2) is 0 Å². The first kappa shape index (κ1) is 10.7. The molecule has 0 aliphatic heterocycles. The smallest absolute Gasteiger partial charge is 0.136 e. The molecule has 1 saturated carbocycles. The highest BCUT2D eigenvalue weighted by atomic mass is 16.1. The van der Waals surface area contributed by atoms with Crippen LogP contribution in [0.3, 0.4) is 0 Å². The molecule has 3 unspecified atom stereocenters. The molecule has 0 saturated heterocycles. The predicted octanol–water partition coefficient (Wildman–Crippen LogP) is 3.28. The third-order valence-corrected chi connectivity index (χ3v) is 3.74. The molecule has 1 aliphatic carbocycles. The zero-order valence-corrected chi connectivity index (χ0v) is 9.34. The molecular formula is C12H22O. The van der Waals surface area contributed by atoms with Crippen LogP contribution in [0.4, 0.5) is 0 Å². The van der Waals surface area contributed by atoms with Crippen LogP contribution in [0, 0.1) is 23.7 Å². The molecule has 0 amide bonds. The van der Waals surface area contributed by atoms with Gasteiger partial charge in [0.2, 0.25) is 0 Å². The summed E-state index contributed by atoms with van der Waals surface area (Å²) in [6.45, 7) is 8.96. The Hall–Kier alpha value is -0.330. The van der Waals surface area contributed by atoms with Gasteiger partial charge in [-0.3, -0.25) is 4.79 Å². The maximum Gasteiger partial charge on any atom is 0.136 e. The summed E-state index contributed by atoms with van der Waals surface area (Å²) >= 11 is 0. The van der Waals surface area contributed by atoms with E-state index in [4.69, 9.17) is 0 Å². The minimum Gasteiger partial charge on any atom is -0.299 e. The van der Waals surface area contributed by atoms with E-state index in [0.717, 1.165) is 31.1 Å². The van der Waals surface area contributed by atoms with Gasteiger partial charge in [-0.25, -0.2) is 0 Å². The fourth-order valence-electron chi connectivity index (χ4n) is 2.89. The van der Waals surface area contributed by atoms with Crippen LogP contribution < -0.4 is 0 Å². The number of Topliss-reactive ketones (excluding diaryl/α,β-unsaturated/α-hetero) is 1. The van der Waals surface area contributed by atoms with E-state index in [2.05, 4.69) is 27.7 Å². The van der Waals surface area contributed by atoms with Crippen LogP contribution in [-0.4, -0.2) is 5.78 Å². The Labute approximate surface area is 81.9 Å². The minimum atomic E-state index is 0.348. The second-order valence-corrected chi connectivity index (χ2v) is 4.79. The molecule has 1 nitrogen and oxygen atoms in total. The van der Waals surface area contributed by atoms with Gasteiger partial charge in [0.25, 0.3) is 0 Å². The van der Waals surface area contributed by atoms with Gasteiger partial charge >= 0.3 is 0 Å². The average Bonchev–Trinajstić information content (AvgIpc) is 2.04. The Bertz CT molecular complexity index is 184. The molecule has 13 heavy (non-hydrogen) atoms. The van der Waals surface area contributed by atoms with Crippen molar-refractivity contribution in [3.63, 3.8) is 0 Å². The Morgan fingerprint density at radius 1 is 1.46 bits per heavy atom. The van der Waals surface area contributed by atoms with Crippen molar-refractivity contribution in [1.29, 1.82) is 0 Å². The molecule has 1 heteroatoms. The van der Waals surface area contributed by atoms with E-state index in [0.29, 0.717) is 17.6 Å². The lowest BCUT2D eigenvalue weighted by Gasteiger charge is -2.36. The molecule has 0 aromatic carbocycles. The van der Waals surface area contributed by atoms with Crippen molar-refractivity contribution < 1.29 is 4.79 Å². The van der Waals surface area contributed by atoms with Crippen molar-refractivity contribution in [3.8, 4) is 0 Å². The molecule has 0 aromatic heterocycles. The van der Waals surface area contributed by atoms with Gasteiger partial charge in [0.05, 0.1) is 0 Å². The third-order valence-electron chi connectivity index (χ3n) is 3.74. The van der Waals surface area contributed by atoms with Crippen molar-refractivity contribution >= 4 is 5.78 Å². The zero-order valence-electron chi connectivity index (χ0n) is 9.34. The molecule has 3 atom stereocenters. The Balaban J connectivity index is 2.69. The van der Waals surface area contributed by atoms with E-state index in [9.17, 15) is 4.79 Å². The quantitative estimate of drug-likeness (QED) is 0.640. The molecule has 1 aliphatic rings. The van der Waals surface area contributed by atoms with E-state index >= 15 is 0 Å². The number of ketones is 1. The molecule has 0 bridgehead atoms. The lowest BCUT2D eigenvalue weighted by atomic mass is 9.67. The fourth-order valence-corrected chi connectivity index (χ4v) is 2.89. The molecule has 0 aromatic rings. The van der Waals surface area contributed by atoms with Gasteiger partial charge in [-0.1, -0.05) is 27.7 Å². The Kier molecular flexibility index (Phi) is 3.52. The average molecular weight is 182 g/mol. The number of carbonyl (C=O) groups excluding carboxylic acids is 1. The number of carbonyl (C=O) groups is 1. The Morgan fingerprint density at radius 3 is 2.54 bits per heavy atom. The van der Waals surface area contributed by atoms with Crippen molar-refractivity contribution in [2.75, 3.05) is 0 Å². The van der Waals surface area contributed by atoms with Crippen LogP contribution >= 0.6 is 0 Å². The summed E-state index contributed by atoms with van der Waals surface area (Å²) in [6, 6.07) is 0. The first-order valence-electron chi connectivity index (χ1n) is 5.60. The van der Waals surface area contributed by atoms with E-state index in [1.807, 2.05) is 0 Å². The maximum absolute atomic E-state index is 11.6. The predicted molar refractivity (Wildman–Crippen MR) is 55.5 cm³/mol. The van der Waals surface area contributed by atoms with Crippen LogP contribution in [0.15, 0.2) is 0 Å². The number of hydrogen-bond acceptors (Lipinski definition) is 1. The summed E-state index contributed by atoms with van der Waals surface area (Å²) in [5, 5.41) is 0.